The van der Waals surface area contributed by atoms with E-state index in [0.29, 0.717) is 39.3 Å². The Kier molecular flexibility index (Phi) is 7.03. The highest BCUT2D eigenvalue weighted by molar-refractivity contribution is 5.83. The second-order valence-electron chi connectivity index (χ2n) is 7.15. The zero-order valence-electron chi connectivity index (χ0n) is 15.3. The second kappa shape index (κ2) is 9.69. The Morgan fingerprint density at radius 2 is 1.85 bits per heavy atom. The average Bonchev–Trinajstić information content (AvgIpc) is 3.23. The van der Waals surface area contributed by atoms with E-state index in [-0.39, 0.29) is 23.7 Å². The first-order valence-corrected chi connectivity index (χ1v) is 9.63. The third kappa shape index (κ3) is 5.29. The molecule has 0 saturated carbocycles. The molecule has 1 aromatic rings. The summed E-state index contributed by atoms with van der Waals surface area (Å²) in [5.74, 6) is -0.000200. The summed E-state index contributed by atoms with van der Waals surface area (Å²) >= 11 is 0. The molecule has 3 rings (SSSR count). The number of amides is 2. The molecule has 2 saturated heterocycles. The van der Waals surface area contributed by atoms with Gasteiger partial charge in [0.2, 0.25) is 11.8 Å². The van der Waals surface area contributed by atoms with Gasteiger partial charge in [-0.05, 0) is 24.8 Å². The topological polar surface area (TPSA) is 70.7 Å². The van der Waals surface area contributed by atoms with Crippen molar-refractivity contribution in [3.8, 4) is 0 Å². The normalized spacial score (nSPS) is 23.0. The molecule has 0 aliphatic carbocycles. The number of ether oxygens (including phenoxy) is 1. The molecule has 0 bridgehead atoms. The van der Waals surface area contributed by atoms with Gasteiger partial charge in [0.15, 0.2) is 0 Å². The van der Waals surface area contributed by atoms with Crippen LogP contribution in [-0.2, 0) is 20.9 Å². The molecule has 2 aliphatic rings. The van der Waals surface area contributed by atoms with Crippen molar-refractivity contribution in [2.75, 3.05) is 39.3 Å². The number of nitrogens with zero attached hydrogens (tertiary/aromatic N) is 1. The number of piperidine rings is 1. The minimum Gasteiger partial charge on any atom is -0.375 e. The van der Waals surface area contributed by atoms with Crippen LogP contribution in [0.2, 0.25) is 0 Å². The SMILES string of the molecule is O=C(NCCOCc1ccccc1)[C@@H]1CNC[C@@H](C(=O)N2CCCC2)C1. The van der Waals surface area contributed by atoms with E-state index in [0.717, 1.165) is 31.5 Å². The highest BCUT2D eigenvalue weighted by Crippen LogP contribution is 2.21. The summed E-state index contributed by atoms with van der Waals surface area (Å²) in [7, 11) is 0. The lowest BCUT2D eigenvalue weighted by Crippen LogP contribution is -2.49. The molecule has 6 nitrogen and oxygen atoms in total. The zero-order valence-corrected chi connectivity index (χ0v) is 15.3. The van der Waals surface area contributed by atoms with Gasteiger partial charge in [-0.15, -0.1) is 0 Å². The highest BCUT2D eigenvalue weighted by Gasteiger charge is 2.33. The quantitative estimate of drug-likeness (QED) is 0.717. The smallest absolute Gasteiger partial charge is 0.226 e. The van der Waals surface area contributed by atoms with Crippen molar-refractivity contribution < 1.29 is 14.3 Å². The van der Waals surface area contributed by atoms with Gasteiger partial charge < -0.3 is 20.3 Å². The maximum atomic E-state index is 12.5. The fraction of sp³-hybridized carbons (Fsp3) is 0.600. The lowest BCUT2D eigenvalue weighted by molar-refractivity contribution is -0.136. The Balaban J connectivity index is 1.35. The molecule has 2 fully saturated rings. The van der Waals surface area contributed by atoms with Crippen molar-refractivity contribution in [1.29, 1.82) is 0 Å². The molecule has 2 heterocycles. The van der Waals surface area contributed by atoms with Gasteiger partial charge in [0.05, 0.1) is 25.0 Å². The number of hydrogen-bond donors (Lipinski definition) is 2. The summed E-state index contributed by atoms with van der Waals surface area (Å²) in [6.45, 7) is 4.58. The lowest BCUT2D eigenvalue weighted by atomic mass is 9.89. The van der Waals surface area contributed by atoms with Crippen LogP contribution in [0.1, 0.15) is 24.8 Å². The molecule has 0 unspecified atom stereocenters. The molecule has 6 heteroatoms. The molecule has 0 radical (unpaired) electrons. The summed E-state index contributed by atoms with van der Waals surface area (Å²) in [6, 6.07) is 9.98. The fourth-order valence-electron chi connectivity index (χ4n) is 3.68. The van der Waals surface area contributed by atoms with E-state index in [2.05, 4.69) is 10.6 Å². The minimum absolute atomic E-state index is 0.0136. The summed E-state index contributed by atoms with van der Waals surface area (Å²) in [4.78, 5) is 26.9. The van der Waals surface area contributed by atoms with E-state index in [1.165, 1.54) is 0 Å². The Labute approximate surface area is 155 Å². The van der Waals surface area contributed by atoms with E-state index in [1.807, 2.05) is 35.2 Å². The summed E-state index contributed by atoms with van der Waals surface area (Å²) < 4.78 is 5.59. The molecular formula is C20H29N3O3. The van der Waals surface area contributed by atoms with Crippen LogP contribution in [0.3, 0.4) is 0 Å². The number of likely N-dealkylation sites (tertiary alicyclic amines) is 1. The van der Waals surface area contributed by atoms with Crippen LogP contribution in [0.4, 0.5) is 0 Å². The van der Waals surface area contributed by atoms with E-state index in [9.17, 15) is 9.59 Å². The second-order valence-corrected chi connectivity index (χ2v) is 7.15. The van der Waals surface area contributed by atoms with Gasteiger partial charge in [0, 0.05) is 32.7 Å². The van der Waals surface area contributed by atoms with Crippen molar-refractivity contribution >= 4 is 11.8 Å². The van der Waals surface area contributed by atoms with Crippen LogP contribution < -0.4 is 10.6 Å². The summed E-state index contributed by atoms with van der Waals surface area (Å²) in [5.41, 5.74) is 1.12. The first-order valence-electron chi connectivity index (χ1n) is 9.63. The van der Waals surface area contributed by atoms with Crippen LogP contribution in [-0.4, -0.2) is 56.0 Å². The lowest BCUT2D eigenvalue weighted by Gasteiger charge is -2.31. The summed E-state index contributed by atoms with van der Waals surface area (Å²) in [5, 5.41) is 6.19. The molecule has 1 aromatic carbocycles. The van der Waals surface area contributed by atoms with E-state index < -0.39 is 0 Å². The number of carbonyl (C=O) groups excluding carboxylic acids is 2. The van der Waals surface area contributed by atoms with Crippen molar-refractivity contribution in [3.63, 3.8) is 0 Å². The number of carbonyl (C=O) groups is 2. The van der Waals surface area contributed by atoms with Gasteiger partial charge in [-0.1, -0.05) is 30.3 Å². The van der Waals surface area contributed by atoms with Crippen LogP contribution in [0, 0.1) is 11.8 Å². The fourth-order valence-corrected chi connectivity index (χ4v) is 3.68. The monoisotopic (exact) mass is 359 g/mol. The molecule has 2 atom stereocenters. The number of hydrogen-bond acceptors (Lipinski definition) is 4. The van der Waals surface area contributed by atoms with Crippen molar-refractivity contribution in [3.05, 3.63) is 35.9 Å². The maximum Gasteiger partial charge on any atom is 0.226 e. The van der Waals surface area contributed by atoms with Crippen LogP contribution in [0.5, 0.6) is 0 Å². The average molecular weight is 359 g/mol. The van der Waals surface area contributed by atoms with Gasteiger partial charge in [0.1, 0.15) is 0 Å². The van der Waals surface area contributed by atoms with Crippen LogP contribution in [0.15, 0.2) is 30.3 Å². The molecule has 142 valence electrons. The standard InChI is InChI=1S/C20H29N3O3/c24-19(22-8-11-26-15-16-6-2-1-3-7-16)17-12-18(14-21-13-17)20(25)23-9-4-5-10-23/h1-3,6-7,17-18,21H,4-5,8-15H2,(H,22,24)/t17-,18-/m0/s1. The largest absolute Gasteiger partial charge is 0.375 e. The Morgan fingerprint density at radius 1 is 1.12 bits per heavy atom. The summed E-state index contributed by atoms with van der Waals surface area (Å²) in [6.07, 6.45) is 2.83. The molecule has 2 aliphatic heterocycles. The van der Waals surface area contributed by atoms with Crippen molar-refractivity contribution in [2.45, 2.75) is 25.9 Å². The Hall–Kier alpha value is -1.92. The molecule has 2 N–H and O–H groups in total. The molecule has 0 spiro atoms. The van der Waals surface area contributed by atoms with E-state index in [4.69, 9.17) is 4.74 Å². The third-order valence-electron chi connectivity index (χ3n) is 5.15. The van der Waals surface area contributed by atoms with Crippen molar-refractivity contribution in [2.24, 2.45) is 11.8 Å². The third-order valence-corrected chi connectivity index (χ3v) is 5.15. The first-order chi connectivity index (χ1) is 12.7. The Morgan fingerprint density at radius 3 is 2.62 bits per heavy atom. The molecule has 2 amide bonds. The van der Waals surface area contributed by atoms with Crippen LogP contribution >= 0.6 is 0 Å². The van der Waals surface area contributed by atoms with Gasteiger partial charge in [-0.25, -0.2) is 0 Å². The predicted octanol–water partition coefficient (Wildman–Crippen LogP) is 1.17. The number of rotatable bonds is 7. The van der Waals surface area contributed by atoms with E-state index >= 15 is 0 Å². The molecule has 0 aromatic heterocycles. The van der Waals surface area contributed by atoms with Crippen molar-refractivity contribution in [1.82, 2.24) is 15.5 Å². The van der Waals surface area contributed by atoms with Gasteiger partial charge in [-0.3, -0.25) is 9.59 Å². The maximum absolute atomic E-state index is 12.5. The highest BCUT2D eigenvalue weighted by atomic mass is 16.5. The first kappa shape index (κ1) is 18.9. The minimum atomic E-state index is -0.144. The number of benzene rings is 1. The number of nitrogens with one attached hydrogen (secondary N) is 2. The Bertz CT molecular complexity index is 587. The van der Waals surface area contributed by atoms with Gasteiger partial charge in [0.25, 0.3) is 0 Å². The molecule has 26 heavy (non-hydrogen) atoms. The predicted molar refractivity (Wildman–Crippen MR) is 99.4 cm³/mol. The van der Waals surface area contributed by atoms with Gasteiger partial charge in [-0.2, -0.15) is 0 Å². The van der Waals surface area contributed by atoms with Crippen LogP contribution in [0.25, 0.3) is 0 Å². The van der Waals surface area contributed by atoms with Gasteiger partial charge >= 0.3 is 0 Å². The molecular weight excluding hydrogens is 330 g/mol. The van der Waals surface area contributed by atoms with E-state index in [1.54, 1.807) is 0 Å². The zero-order chi connectivity index (χ0) is 18.2.